The van der Waals surface area contributed by atoms with Crippen LogP contribution in [0.3, 0.4) is 0 Å². The minimum Gasteiger partial charge on any atom is -0.445 e. The van der Waals surface area contributed by atoms with Gasteiger partial charge in [0.1, 0.15) is 30.7 Å². The number of anilines is 1. The fraction of sp³-hybridized carbons (Fsp3) is 0.455. The number of nitrogens with two attached hydrogens (primary N) is 1. The van der Waals surface area contributed by atoms with Crippen molar-refractivity contribution in [1.82, 2.24) is 24.4 Å². The Kier molecular flexibility index (Phi) is 5.39. The lowest BCUT2D eigenvalue weighted by molar-refractivity contribution is -0.0623. The lowest BCUT2D eigenvalue weighted by Crippen LogP contribution is -2.50. The molecular weight excluding hydrogens is 428 g/mol. The number of hydrogen-bond donors (Lipinski definition) is 4. The number of carbonyl (C=O) groups is 1. The van der Waals surface area contributed by atoms with Crippen molar-refractivity contribution >= 4 is 23.1 Å². The molecular formula is C22H26N6O5. The van der Waals surface area contributed by atoms with E-state index in [0.717, 1.165) is 5.56 Å². The van der Waals surface area contributed by atoms with Crippen molar-refractivity contribution in [3.05, 3.63) is 48.5 Å². The molecule has 1 aromatic carbocycles. The maximum Gasteiger partial charge on any atom is 0.410 e. The van der Waals surface area contributed by atoms with Gasteiger partial charge in [-0.2, -0.15) is 0 Å². The smallest absolute Gasteiger partial charge is 0.410 e. The topological polar surface area (TPSA) is 160 Å². The number of aromatic nitrogens is 4. The number of amides is 1. The third-order valence-corrected chi connectivity index (χ3v) is 7.02. The van der Waals surface area contributed by atoms with E-state index in [4.69, 9.17) is 10.5 Å². The predicted molar refractivity (Wildman–Crippen MR) is 117 cm³/mol. The highest BCUT2D eigenvalue weighted by Crippen LogP contribution is 2.54. The van der Waals surface area contributed by atoms with Crippen LogP contribution in [0.2, 0.25) is 0 Å². The van der Waals surface area contributed by atoms with Crippen molar-refractivity contribution in [2.24, 2.45) is 5.41 Å². The number of fused-ring (bicyclic) bond motifs is 1. The summed E-state index contributed by atoms with van der Waals surface area (Å²) in [6.45, 7) is 0.793. The van der Waals surface area contributed by atoms with Gasteiger partial charge in [-0.15, -0.1) is 0 Å². The van der Waals surface area contributed by atoms with Crippen LogP contribution in [0, 0.1) is 5.41 Å². The Hall–Kier alpha value is -3.28. The number of rotatable bonds is 3. The van der Waals surface area contributed by atoms with Gasteiger partial charge in [-0.3, -0.25) is 0 Å². The highest BCUT2D eigenvalue weighted by atomic mass is 16.6. The van der Waals surface area contributed by atoms with Crippen molar-refractivity contribution in [3.63, 3.8) is 0 Å². The van der Waals surface area contributed by atoms with E-state index in [0.29, 0.717) is 37.1 Å². The largest absolute Gasteiger partial charge is 0.445 e. The van der Waals surface area contributed by atoms with Gasteiger partial charge in [0.25, 0.3) is 0 Å². The third kappa shape index (κ3) is 3.48. The first kappa shape index (κ1) is 21.6. The fourth-order valence-electron chi connectivity index (χ4n) is 5.25. The van der Waals surface area contributed by atoms with Crippen LogP contribution >= 0.6 is 0 Å². The molecule has 1 spiro atoms. The van der Waals surface area contributed by atoms with Crippen LogP contribution < -0.4 is 5.73 Å². The first-order valence-electron chi connectivity index (χ1n) is 10.9. The summed E-state index contributed by atoms with van der Waals surface area (Å²) in [5.74, 6) is 0.206. The lowest BCUT2D eigenvalue weighted by Gasteiger charge is -2.44. The Labute approximate surface area is 189 Å². The zero-order valence-electron chi connectivity index (χ0n) is 17.9. The maximum atomic E-state index is 12.6. The number of nitrogens with zero attached hydrogens (tertiary/aromatic N) is 5. The Morgan fingerprint density at radius 2 is 1.82 bits per heavy atom. The van der Waals surface area contributed by atoms with Crippen LogP contribution in [-0.2, 0) is 11.3 Å². The molecule has 0 unspecified atom stereocenters. The van der Waals surface area contributed by atoms with Gasteiger partial charge in [0.05, 0.1) is 18.5 Å². The predicted octanol–water partition coefficient (Wildman–Crippen LogP) is 0.465. The van der Waals surface area contributed by atoms with Crippen LogP contribution in [-0.4, -0.2) is 77.2 Å². The van der Waals surface area contributed by atoms with Crippen molar-refractivity contribution < 1.29 is 24.9 Å². The van der Waals surface area contributed by atoms with Gasteiger partial charge in [0, 0.05) is 18.5 Å². The molecule has 1 aliphatic heterocycles. The van der Waals surface area contributed by atoms with Gasteiger partial charge < -0.3 is 35.3 Å². The number of imidazole rings is 1. The van der Waals surface area contributed by atoms with E-state index in [2.05, 4.69) is 15.0 Å². The quantitative estimate of drug-likeness (QED) is 0.441. The molecule has 2 aliphatic rings. The summed E-state index contributed by atoms with van der Waals surface area (Å²) in [5, 5.41) is 32.4. The molecule has 174 valence electrons. The van der Waals surface area contributed by atoms with E-state index in [1.165, 1.54) is 12.7 Å². The van der Waals surface area contributed by atoms with Gasteiger partial charge in [0.15, 0.2) is 11.5 Å². The first-order valence-corrected chi connectivity index (χ1v) is 10.9. The van der Waals surface area contributed by atoms with E-state index >= 15 is 0 Å². The van der Waals surface area contributed by atoms with E-state index in [1.54, 1.807) is 9.47 Å². The Morgan fingerprint density at radius 3 is 2.55 bits per heavy atom. The van der Waals surface area contributed by atoms with Gasteiger partial charge >= 0.3 is 6.09 Å². The van der Waals surface area contributed by atoms with Crippen molar-refractivity contribution in [2.45, 2.75) is 43.8 Å². The van der Waals surface area contributed by atoms with Gasteiger partial charge in [-0.1, -0.05) is 30.3 Å². The summed E-state index contributed by atoms with van der Waals surface area (Å²) >= 11 is 0. The number of piperidine rings is 1. The molecule has 33 heavy (non-hydrogen) atoms. The average molecular weight is 454 g/mol. The normalized spacial score (nSPS) is 26.7. The first-order chi connectivity index (χ1) is 15.9. The summed E-state index contributed by atoms with van der Waals surface area (Å²) in [6, 6.07) is 8.71. The fourth-order valence-corrected chi connectivity index (χ4v) is 5.25. The average Bonchev–Trinajstić information content (AvgIpc) is 3.33. The summed E-state index contributed by atoms with van der Waals surface area (Å²) in [6.07, 6.45) is -0.697. The molecule has 5 N–H and O–H groups in total. The van der Waals surface area contributed by atoms with Crippen molar-refractivity contribution in [3.8, 4) is 0 Å². The number of aliphatic hydroxyl groups excluding tert-OH is 3. The number of aliphatic hydroxyl groups is 3. The van der Waals surface area contributed by atoms with Crippen LogP contribution in [0.25, 0.3) is 11.2 Å². The molecule has 11 nitrogen and oxygen atoms in total. The molecule has 2 fully saturated rings. The Bertz CT molecular complexity index is 1150. The number of ether oxygens (including phenoxy) is 1. The van der Waals surface area contributed by atoms with Crippen LogP contribution in [0.1, 0.15) is 24.4 Å². The lowest BCUT2D eigenvalue weighted by atomic mass is 9.72. The molecule has 1 aliphatic carbocycles. The van der Waals surface area contributed by atoms with Gasteiger partial charge in [-0.25, -0.2) is 19.7 Å². The molecule has 11 heteroatoms. The Balaban J connectivity index is 1.36. The second kappa shape index (κ2) is 8.25. The molecule has 0 radical (unpaired) electrons. The number of benzene rings is 1. The molecule has 1 amide bonds. The SMILES string of the molecule is Nc1ncnc2c1ncn2[C@H]1[C@H](O)[C@H](O)[C@@H](O)C12CCN(C(=O)OCc1ccccc1)CC2. The van der Waals surface area contributed by atoms with Crippen molar-refractivity contribution in [2.75, 3.05) is 18.8 Å². The molecule has 5 rings (SSSR count). The monoisotopic (exact) mass is 454 g/mol. The van der Waals surface area contributed by atoms with Crippen LogP contribution in [0.15, 0.2) is 43.0 Å². The highest BCUT2D eigenvalue weighted by molar-refractivity contribution is 5.81. The van der Waals surface area contributed by atoms with Crippen molar-refractivity contribution in [1.29, 1.82) is 0 Å². The maximum absolute atomic E-state index is 12.6. The van der Waals surface area contributed by atoms with Crippen LogP contribution in [0.5, 0.6) is 0 Å². The molecule has 4 atom stereocenters. The minimum absolute atomic E-state index is 0.173. The van der Waals surface area contributed by atoms with Gasteiger partial charge in [0.2, 0.25) is 0 Å². The second-order valence-electron chi connectivity index (χ2n) is 8.71. The molecule has 1 saturated heterocycles. The van der Waals surface area contributed by atoms with E-state index in [1.807, 2.05) is 30.3 Å². The molecule has 3 aromatic rings. The number of nitrogen functional groups attached to an aromatic ring is 1. The van der Waals surface area contributed by atoms with E-state index in [9.17, 15) is 20.1 Å². The third-order valence-electron chi connectivity index (χ3n) is 7.02. The van der Waals surface area contributed by atoms with Crippen LogP contribution in [0.4, 0.5) is 10.6 Å². The van der Waals surface area contributed by atoms with E-state index in [-0.39, 0.29) is 12.4 Å². The molecule has 0 bridgehead atoms. The van der Waals surface area contributed by atoms with Gasteiger partial charge in [-0.05, 0) is 18.4 Å². The standard InChI is InChI=1S/C22H26N6O5/c23-19-14-20(25-11-24-19)28(12-26-14)17-15(29)16(30)18(31)22(17)6-8-27(9-7-22)21(32)33-10-13-4-2-1-3-5-13/h1-5,11-12,15-18,29-31H,6-10H2,(H2,23,24,25)/t15-,16+,17+,18-/m1/s1. The van der Waals surface area contributed by atoms with E-state index < -0.39 is 35.9 Å². The molecule has 1 saturated carbocycles. The summed E-state index contributed by atoms with van der Waals surface area (Å²) < 4.78 is 7.09. The summed E-state index contributed by atoms with van der Waals surface area (Å²) in [7, 11) is 0. The number of hydrogen-bond acceptors (Lipinski definition) is 9. The highest BCUT2D eigenvalue weighted by Gasteiger charge is 2.61. The summed E-state index contributed by atoms with van der Waals surface area (Å²) in [5.41, 5.74) is 6.71. The minimum atomic E-state index is -1.34. The zero-order valence-corrected chi connectivity index (χ0v) is 17.9. The summed E-state index contributed by atoms with van der Waals surface area (Å²) in [4.78, 5) is 26.7. The zero-order chi connectivity index (χ0) is 23.2. The number of likely N-dealkylation sites (tertiary alicyclic amines) is 1. The Morgan fingerprint density at radius 1 is 1.09 bits per heavy atom. The molecule has 2 aromatic heterocycles. The number of carbonyl (C=O) groups excluding carboxylic acids is 1. The second-order valence-corrected chi connectivity index (χ2v) is 8.71. The molecule has 3 heterocycles.